The number of aryl methyl sites for hydroxylation is 1. The SMILES string of the molecule is [2H]C1([2H])N(c2cc(C)cc(Nc3ncn(-c4cc(F)cc(F)c4)n3)c2)C([2H])([2H])C([2H])([2H])N(C2(O)COC2)C1([2H])[2H]. The summed E-state index contributed by atoms with van der Waals surface area (Å²) in [5, 5.41) is 17.7. The first kappa shape index (κ1) is 13.5. The van der Waals surface area contributed by atoms with Gasteiger partial charge in [0.15, 0.2) is 5.72 Å². The van der Waals surface area contributed by atoms with Gasteiger partial charge in [0, 0.05) is 48.9 Å². The average Bonchev–Trinajstić information content (AvgIpc) is 3.24. The zero-order valence-electron chi connectivity index (χ0n) is 24.8. The molecular weight excluding hydrogens is 418 g/mol. The molecular formula is C22H24F2N6O2. The van der Waals surface area contributed by atoms with Crippen LogP contribution in [-0.2, 0) is 4.74 Å². The van der Waals surface area contributed by atoms with Crippen LogP contribution in [0.4, 0.5) is 26.1 Å². The first-order valence-corrected chi connectivity index (χ1v) is 9.58. The van der Waals surface area contributed by atoms with Crippen molar-refractivity contribution in [2.75, 3.05) is 49.4 Å². The van der Waals surface area contributed by atoms with E-state index in [-0.39, 0.29) is 27.9 Å². The second-order valence-electron chi connectivity index (χ2n) is 7.42. The van der Waals surface area contributed by atoms with Crippen molar-refractivity contribution >= 4 is 17.3 Å². The molecule has 0 unspecified atom stereocenters. The van der Waals surface area contributed by atoms with Crippen LogP contribution in [0.25, 0.3) is 5.69 Å². The molecule has 3 aromatic rings. The molecule has 3 heterocycles. The summed E-state index contributed by atoms with van der Waals surface area (Å²) in [5.41, 5.74) is -1.75. The normalized spacial score (nSPS) is 28.4. The number of benzene rings is 2. The number of aliphatic hydroxyl groups is 1. The van der Waals surface area contributed by atoms with Gasteiger partial charge in [0.05, 0.1) is 24.4 Å². The Labute approximate surface area is 195 Å². The van der Waals surface area contributed by atoms with Crippen molar-refractivity contribution in [2.24, 2.45) is 0 Å². The molecule has 32 heavy (non-hydrogen) atoms. The Morgan fingerprint density at radius 2 is 1.75 bits per heavy atom. The number of rotatable bonds is 5. The van der Waals surface area contributed by atoms with Gasteiger partial charge in [0.1, 0.15) is 18.0 Å². The number of nitrogens with zero attached hydrogens (tertiary/aromatic N) is 5. The van der Waals surface area contributed by atoms with Crippen molar-refractivity contribution < 1.29 is 29.6 Å². The molecule has 0 spiro atoms. The van der Waals surface area contributed by atoms with Crippen LogP contribution in [-0.4, -0.2) is 69.7 Å². The Hall–Kier alpha value is -3.08. The quantitative estimate of drug-likeness (QED) is 0.618. The molecule has 10 heteroatoms. The maximum Gasteiger partial charge on any atom is 0.246 e. The number of hydrogen-bond donors (Lipinski definition) is 2. The molecule has 0 amide bonds. The van der Waals surface area contributed by atoms with Crippen molar-refractivity contribution in [2.45, 2.75) is 12.6 Å². The van der Waals surface area contributed by atoms with E-state index in [4.69, 9.17) is 15.7 Å². The fraction of sp³-hybridized carbons (Fsp3) is 0.364. The van der Waals surface area contributed by atoms with Crippen molar-refractivity contribution in [3.8, 4) is 5.69 Å². The fourth-order valence-electron chi connectivity index (χ4n) is 3.22. The standard InChI is InChI=1S/C22H24F2N6O2/c1-15-6-18(26-21-25-14-30(27-21)20-9-16(23)8-17(24)10-20)11-19(7-15)28-2-4-29(5-3-28)22(31)12-32-13-22/h6-11,14,31H,2-5,12-13H2,1H3,(H,26,27)/i2D2,3D2,4D2,5D2. The van der Waals surface area contributed by atoms with Crippen LogP contribution in [0.2, 0.25) is 0 Å². The highest BCUT2D eigenvalue weighted by Crippen LogP contribution is 2.28. The summed E-state index contributed by atoms with van der Waals surface area (Å²) < 4.78 is 102. The molecule has 5 rings (SSSR count). The molecule has 2 aromatic carbocycles. The van der Waals surface area contributed by atoms with Crippen LogP contribution in [0.3, 0.4) is 0 Å². The summed E-state index contributed by atoms with van der Waals surface area (Å²) >= 11 is 0. The number of aromatic nitrogens is 3. The Kier molecular flexibility index (Phi) is 3.42. The third-order valence-corrected chi connectivity index (χ3v) is 4.81. The molecule has 0 saturated carbocycles. The maximum absolute atomic E-state index is 13.6. The minimum atomic E-state index is -3.24. The fourth-order valence-corrected chi connectivity index (χ4v) is 3.22. The molecule has 0 radical (unpaired) electrons. The number of halogens is 2. The van der Waals surface area contributed by atoms with Crippen molar-refractivity contribution in [1.29, 1.82) is 0 Å². The van der Waals surface area contributed by atoms with Crippen molar-refractivity contribution in [1.82, 2.24) is 19.7 Å². The summed E-state index contributed by atoms with van der Waals surface area (Å²) in [6.45, 7) is -12.3. The Morgan fingerprint density at radius 3 is 2.41 bits per heavy atom. The zero-order valence-corrected chi connectivity index (χ0v) is 16.8. The molecule has 168 valence electrons. The Balaban J connectivity index is 1.53. The number of piperazine rings is 1. The second-order valence-corrected chi connectivity index (χ2v) is 7.42. The lowest BCUT2D eigenvalue weighted by atomic mass is 10.1. The third kappa shape index (κ3) is 4.16. The van der Waals surface area contributed by atoms with E-state index >= 15 is 0 Å². The number of nitrogens with one attached hydrogen (secondary N) is 1. The molecule has 1 aromatic heterocycles. The highest BCUT2D eigenvalue weighted by atomic mass is 19.1. The predicted molar refractivity (Wildman–Crippen MR) is 115 cm³/mol. The lowest BCUT2D eigenvalue weighted by Gasteiger charge is -2.49. The van der Waals surface area contributed by atoms with Crippen LogP contribution in [0.5, 0.6) is 0 Å². The first-order chi connectivity index (χ1) is 18.4. The Morgan fingerprint density at radius 1 is 1.03 bits per heavy atom. The van der Waals surface area contributed by atoms with E-state index in [1.54, 1.807) is 13.0 Å². The van der Waals surface area contributed by atoms with Gasteiger partial charge in [-0.1, -0.05) is 0 Å². The molecule has 2 aliphatic rings. The summed E-state index contributed by atoms with van der Waals surface area (Å²) in [7, 11) is 0. The summed E-state index contributed by atoms with van der Waals surface area (Å²) in [6, 6.07) is 6.98. The summed E-state index contributed by atoms with van der Waals surface area (Å²) in [6.07, 6.45) is 1.20. The van der Waals surface area contributed by atoms with Crippen molar-refractivity contribution in [3.63, 3.8) is 0 Å². The third-order valence-electron chi connectivity index (χ3n) is 4.81. The van der Waals surface area contributed by atoms with Gasteiger partial charge in [0.25, 0.3) is 0 Å². The number of anilines is 3. The molecule has 0 atom stereocenters. The molecule has 8 nitrogen and oxygen atoms in total. The van der Waals surface area contributed by atoms with E-state index in [1.807, 2.05) is 0 Å². The summed E-state index contributed by atoms with van der Waals surface area (Å²) in [5.74, 6) is -1.66. The second kappa shape index (κ2) is 8.12. The van der Waals surface area contributed by atoms with Crippen LogP contribution in [0.15, 0.2) is 42.7 Å². The predicted octanol–water partition coefficient (Wildman–Crippen LogP) is 2.44. The molecule has 0 aliphatic carbocycles. The van der Waals surface area contributed by atoms with Gasteiger partial charge >= 0.3 is 0 Å². The van der Waals surface area contributed by atoms with Crippen molar-refractivity contribution in [3.05, 3.63) is 59.9 Å². The first-order valence-electron chi connectivity index (χ1n) is 13.6. The van der Waals surface area contributed by atoms with Crippen LogP contribution in [0, 0.1) is 18.6 Å². The van der Waals surface area contributed by atoms with Gasteiger partial charge in [-0.15, -0.1) is 5.10 Å². The highest BCUT2D eigenvalue weighted by Gasteiger charge is 2.43. The Bertz CT molecular complexity index is 1420. The largest absolute Gasteiger partial charge is 0.372 e. The van der Waals surface area contributed by atoms with E-state index < -0.39 is 56.6 Å². The minimum absolute atomic E-state index is 0.0325. The van der Waals surface area contributed by atoms with Gasteiger partial charge in [-0.05, 0) is 42.8 Å². The lowest BCUT2D eigenvalue weighted by Crippen LogP contribution is -2.66. The van der Waals surface area contributed by atoms with Gasteiger partial charge in [0.2, 0.25) is 5.95 Å². The monoisotopic (exact) mass is 450 g/mol. The molecule has 2 fully saturated rings. The summed E-state index contributed by atoms with van der Waals surface area (Å²) in [4.78, 5) is 4.59. The van der Waals surface area contributed by atoms with Gasteiger partial charge in [-0.3, -0.25) is 4.90 Å². The maximum atomic E-state index is 13.6. The topological polar surface area (TPSA) is 78.7 Å². The van der Waals surface area contributed by atoms with E-state index in [9.17, 15) is 13.9 Å². The molecule has 2 aliphatic heterocycles. The van der Waals surface area contributed by atoms with E-state index in [1.165, 1.54) is 18.5 Å². The smallest absolute Gasteiger partial charge is 0.246 e. The molecule has 2 saturated heterocycles. The number of ether oxygens (including phenoxy) is 1. The van der Waals surface area contributed by atoms with E-state index in [2.05, 4.69) is 15.4 Å². The highest BCUT2D eigenvalue weighted by molar-refractivity contribution is 5.64. The van der Waals surface area contributed by atoms with Gasteiger partial charge in [-0.25, -0.2) is 13.5 Å². The van der Waals surface area contributed by atoms with Crippen LogP contribution in [0.1, 0.15) is 16.5 Å². The van der Waals surface area contributed by atoms with E-state index in [0.717, 1.165) is 16.8 Å². The average molecular weight is 451 g/mol. The van der Waals surface area contributed by atoms with Crippen LogP contribution < -0.4 is 10.2 Å². The lowest BCUT2D eigenvalue weighted by molar-refractivity contribution is -0.258. The van der Waals surface area contributed by atoms with Crippen LogP contribution >= 0.6 is 0 Å². The van der Waals surface area contributed by atoms with Gasteiger partial charge < -0.3 is 20.1 Å². The van der Waals surface area contributed by atoms with E-state index in [0.29, 0.717) is 16.5 Å². The molecule has 0 bridgehead atoms. The zero-order chi connectivity index (χ0) is 29.5. The van der Waals surface area contributed by atoms with Gasteiger partial charge in [-0.2, -0.15) is 4.98 Å². The molecule has 2 N–H and O–H groups in total. The minimum Gasteiger partial charge on any atom is -0.372 e. The number of hydrogen-bond acceptors (Lipinski definition) is 7.